The minimum absolute atomic E-state index is 0.218. The van der Waals surface area contributed by atoms with Crippen LogP contribution in [-0.4, -0.2) is 27.1 Å². The Labute approximate surface area is 143 Å². The number of pyridine rings is 1. The summed E-state index contributed by atoms with van der Waals surface area (Å²) in [4.78, 5) is 4.37. The van der Waals surface area contributed by atoms with Gasteiger partial charge in [0.15, 0.2) is 0 Å². The average Bonchev–Trinajstić information content (AvgIpc) is 2.55. The molecule has 0 atom stereocenters. The summed E-state index contributed by atoms with van der Waals surface area (Å²) < 4.78 is 33.0. The third-order valence-electron chi connectivity index (χ3n) is 3.56. The van der Waals surface area contributed by atoms with Gasteiger partial charge in [-0.25, -0.2) is 13.4 Å². The van der Waals surface area contributed by atoms with E-state index < -0.39 is 10.0 Å². The highest BCUT2D eigenvalue weighted by atomic mass is 32.2. The fraction of sp³-hybridized carbons (Fsp3) is 0.353. The van der Waals surface area contributed by atoms with Crippen molar-refractivity contribution in [3.8, 4) is 5.75 Å². The molecule has 1 aromatic carbocycles. The van der Waals surface area contributed by atoms with Crippen LogP contribution >= 0.6 is 0 Å². The summed E-state index contributed by atoms with van der Waals surface area (Å²) in [6.07, 6.45) is 2.62. The number of ether oxygens (including phenoxy) is 1. The Hall–Kier alpha value is -2.28. The lowest BCUT2D eigenvalue weighted by Gasteiger charge is -2.13. The number of methoxy groups -OCH3 is 1. The van der Waals surface area contributed by atoms with Gasteiger partial charge in [-0.1, -0.05) is 6.92 Å². The van der Waals surface area contributed by atoms with Gasteiger partial charge in [-0.05, 0) is 55.7 Å². The number of rotatable bonds is 7. The predicted molar refractivity (Wildman–Crippen MR) is 96.3 cm³/mol. The molecule has 0 radical (unpaired) electrons. The highest BCUT2D eigenvalue weighted by Crippen LogP contribution is 2.26. The molecule has 2 N–H and O–H groups in total. The van der Waals surface area contributed by atoms with Crippen LogP contribution in [0.3, 0.4) is 0 Å². The number of hydrogen-bond donors (Lipinski definition) is 2. The van der Waals surface area contributed by atoms with Crippen molar-refractivity contribution in [1.29, 1.82) is 0 Å². The fourth-order valence-corrected chi connectivity index (χ4v) is 3.61. The van der Waals surface area contributed by atoms with E-state index in [4.69, 9.17) is 4.74 Å². The molecule has 0 aliphatic heterocycles. The molecule has 130 valence electrons. The maximum absolute atomic E-state index is 12.6. The van der Waals surface area contributed by atoms with Crippen LogP contribution < -0.4 is 14.8 Å². The van der Waals surface area contributed by atoms with E-state index in [1.54, 1.807) is 44.5 Å². The molecular formula is C17H23N3O3S. The molecule has 7 heteroatoms. The molecule has 0 bridgehead atoms. The van der Waals surface area contributed by atoms with E-state index in [2.05, 4.69) is 21.9 Å². The third kappa shape index (κ3) is 4.17. The second-order valence-corrected chi connectivity index (χ2v) is 7.20. The first-order chi connectivity index (χ1) is 11.4. The number of aryl methyl sites for hydroxylation is 2. The van der Waals surface area contributed by atoms with Crippen LogP contribution in [0.2, 0.25) is 0 Å². The van der Waals surface area contributed by atoms with Crippen molar-refractivity contribution in [2.75, 3.05) is 23.7 Å². The number of sulfonamides is 1. The molecule has 2 aromatic rings. The third-order valence-corrected chi connectivity index (χ3v) is 5.06. The Kier molecular flexibility index (Phi) is 5.66. The quantitative estimate of drug-likeness (QED) is 0.801. The standard InChI is InChI=1S/C17H23N3O3S/c1-5-8-18-14-6-7-17(19-11-14)20-24(21,22)16-10-12(2)15(23-4)9-13(16)3/h6-7,9-11,18H,5,8H2,1-4H3,(H,19,20). The Morgan fingerprint density at radius 2 is 1.92 bits per heavy atom. The number of nitrogens with zero attached hydrogens (tertiary/aromatic N) is 1. The molecule has 1 heterocycles. The SMILES string of the molecule is CCCNc1ccc(NS(=O)(=O)c2cc(C)c(OC)cc2C)nc1. The summed E-state index contributed by atoms with van der Waals surface area (Å²) in [6, 6.07) is 6.76. The first-order valence-electron chi connectivity index (χ1n) is 7.75. The number of aromatic nitrogens is 1. The molecule has 0 aliphatic carbocycles. The molecule has 0 saturated carbocycles. The van der Waals surface area contributed by atoms with Gasteiger partial charge in [0.05, 0.1) is 23.9 Å². The topological polar surface area (TPSA) is 80.3 Å². The summed E-state index contributed by atoms with van der Waals surface area (Å²) in [6.45, 7) is 6.46. The number of benzene rings is 1. The average molecular weight is 349 g/mol. The number of anilines is 2. The highest BCUT2D eigenvalue weighted by Gasteiger charge is 2.19. The summed E-state index contributed by atoms with van der Waals surface area (Å²) in [5, 5.41) is 3.19. The van der Waals surface area contributed by atoms with Crippen molar-refractivity contribution >= 4 is 21.5 Å². The van der Waals surface area contributed by atoms with Crippen molar-refractivity contribution in [2.45, 2.75) is 32.1 Å². The largest absolute Gasteiger partial charge is 0.496 e. The van der Waals surface area contributed by atoms with Crippen LogP contribution in [0.5, 0.6) is 5.75 Å². The van der Waals surface area contributed by atoms with Gasteiger partial charge < -0.3 is 10.1 Å². The van der Waals surface area contributed by atoms with Crippen LogP contribution in [0.1, 0.15) is 24.5 Å². The molecule has 1 aromatic heterocycles. The first kappa shape index (κ1) is 18.1. The second kappa shape index (κ2) is 7.53. The molecule has 2 rings (SSSR count). The normalized spacial score (nSPS) is 11.2. The zero-order chi connectivity index (χ0) is 17.7. The maximum atomic E-state index is 12.6. The Morgan fingerprint density at radius 3 is 2.50 bits per heavy atom. The van der Waals surface area contributed by atoms with Crippen molar-refractivity contribution < 1.29 is 13.2 Å². The van der Waals surface area contributed by atoms with Crippen LogP contribution in [0.4, 0.5) is 11.5 Å². The minimum Gasteiger partial charge on any atom is -0.496 e. The van der Waals surface area contributed by atoms with Crippen molar-refractivity contribution in [3.63, 3.8) is 0 Å². The van der Waals surface area contributed by atoms with E-state index in [-0.39, 0.29) is 10.7 Å². The molecule has 24 heavy (non-hydrogen) atoms. The Bertz CT molecular complexity index is 803. The molecular weight excluding hydrogens is 326 g/mol. The first-order valence-corrected chi connectivity index (χ1v) is 9.23. The Balaban J connectivity index is 2.24. The van der Waals surface area contributed by atoms with Gasteiger partial charge >= 0.3 is 0 Å². The van der Waals surface area contributed by atoms with E-state index in [1.807, 2.05) is 6.92 Å². The van der Waals surface area contributed by atoms with E-state index in [1.165, 1.54) is 0 Å². The molecule has 0 fully saturated rings. The van der Waals surface area contributed by atoms with Gasteiger partial charge in [0.2, 0.25) is 0 Å². The van der Waals surface area contributed by atoms with Crippen molar-refractivity contribution in [1.82, 2.24) is 4.98 Å². The van der Waals surface area contributed by atoms with Gasteiger partial charge in [0, 0.05) is 6.54 Å². The molecule has 0 saturated heterocycles. The molecule has 0 spiro atoms. The lowest BCUT2D eigenvalue weighted by Crippen LogP contribution is -2.15. The van der Waals surface area contributed by atoms with E-state index in [0.29, 0.717) is 11.3 Å². The van der Waals surface area contributed by atoms with E-state index in [0.717, 1.165) is 24.2 Å². The van der Waals surface area contributed by atoms with Gasteiger partial charge in [0.25, 0.3) is 10.0 Å². The lowest BCUT2D eigenvalue weighted by molar-refractivity contribution is 0.411. The lowest BCUT2D eigenvalue weighted by atomic mass is 10.1. The van der Waals surface area contributed by atoms with Gasteiger partial charge in [-0.3, -0.25) is 4.72 Å². The number of hydrogen-bond acceptors (Lipinski definition) is 5. The van der Waals surface area contributed by atoms with Crippen LogP contribution in [0.15, 0.2) is 35.4 Å². The van der Waals surface area contributed by atoms with Gasteiger partial charge in [-0.15, -0.1) is 0 Å². The monoisotopic (exact) mass is 349 g/mol. The van der Waals surface area contributed by atoms with Gasteiger partial charge in [-0.2, -0.15) is 0 Å². The van der Waals surface area contributed by atoms with Gasteiger partial charge in [0.1, 0.15) is 11.6 Å². The predicted octanol–water partition coefficient (Wildman–Crippen LogP) is 3.33. The molecule has 0 unspecified atom stereocenters. The van der Waals surface area contributed by atoms with Crippen molar-refractivity contribution in [3.05, 3.63) is 41.6 Å². The number of nitrogens with one attached hydrogen (secondary N) is 2. The second-order valence-electron chi connectivity index (χ2n) is 5.55. The minimum atomic E-state index is -3.71. The summed E-state index contributed by atoms with van der Waals surface area (Å²) >= 11 is 0. The summed E-state index contributed by atoms with van der Waals surface area (Å²) in [7, 11) is -2.15. The van der Waals surface area contributed by atoms with Crippen LogP contribution in [0.25, 0.3) is 0 Å². The Morgan fingerprint density at radius 1 is 1.17 bits per heavy atom. The van der Waals surface area contributed by atoms with Crippen molar-refractivity contribution in [2.24, 2.45) is 0 Å². The summed E-state index contributed by atoms with van der Waals surface area (Å²) in [5.41, 5.74) is 2.23. The highest BCUT2D eigenvalue weighted by molar-refractivity contribution is 7.92. The maximum Gasteiger partial charge on any atom is 0.263 e. The van der Waals surface area contributed by atoms with Crippen LogP contribution in [-0.2, 0) is 10.0 Å². The molecule has 0 aliphatic rings. The smallest absolute Gasteiger partial charge is 0.263 e. The fourth-order valence-electron chi connectivity index (χ4n) is 2.29. The molecule has 0 amide bonds. The molecule has 6 nitrogen and oxygen atoms in total. The zero-order valence-electron chi connectivity index (χ0n) is 14.4. The van der Waals surface area contributed by atoms with E-state index >= 15 is 0 Å². The van der Waals surface area contributed by atoms with E-state index in [9.17, 15) is 8.42 Å². The summed E-state index contributed by atoms with van der Waals surface area (Å²) in [5.74, 6) is 0.945. The van der Waals surface area contributed by atoms with Crippen LogP contribution in [0, 0.1) is 13.8 Å². The zero-order valence-corrected chi connectivity index (χ0v) is 15.2.